The zero-order valence-corrected chi connectivity index (χ0v) is 16.6. The Bertz CT molecular complexity index is 1040. The summed E-state index contributed by atoms with van der Waals surface area (Å²) in [4.78, 5) is 11.9. The lowest BCUT2D eigenvalue weighted by Gasteiger charge is -2.09. The molecular formula is C17H20FN3O5S2. The Morgan fingerprint density at radius 2 is 1.64 bits per heavy atom. The third kappa shape index (κ3) is 6.09. The number of sulfonamides is 2. The Morgan fingerprint density at radius 3 is 2.29 bits per heavy atom. The maximum Gasteiger partial charge on any atom is 0.240 e. The number of carbonyl (C=O) groups excluding carboxylic acids is 1. The van der Waals surface area contributed by atoms with E-state index in [0.717, 1.165) is 24.3 Å². The van der Waals surface area contributed by atoms with E-state index in [0.29, 0.717) is 5.56 Å². The molecule has 0 heterocycles. The monoisotopic (exact) mass is 429 g/mol. The van der Waals surface area contributed by atoms with Gasteiger partial charge in [0.15, 0.2) is 0 Å². The van der Waals surface area contributed by atoms with Gasteiger partial charge in [-0.15, -0.1) is 0 Å². The molecule has 0 aliphatic carbocycles. The van der Waals surface area contributed by atoms with Crippen LogP contribution in [0, 0.1) is 5.82 Å². The van der Waals surface area contributed by atoms with E-state index in [9.17, 15) is 26.0 Å². The van der Waals surface area contributed by atoms with Gasteiger partial charge in [0.1, 0.15) is 5.82 Å². The van der Waals surface area contributed by atoms with E-state index in [1.807, 2.05) is 0 Å². The van der Waals surface area contributed by atoms with Crippen LogP contribution in [0.25, 0.3) is 0 Å². The van der Waals surface area contributed by atoms with Crippen molar-refractivity contribution in [1.82, 2.24) is 14.8 Å². The van der Waals surface area contributed by atoms with Crippen molar-refractivity contribution in [1.29, 1.82) is 0 Å². The zero-order chi connectivity index (χ0) is 20.8. The average Bonchev–Trinajstić information content (AvgIpc) is 2.67. The van der Waals surface area contributed by atoms with Crippen molar-refractivity contribution in [2.24, 2.45) is 0 Å². The van der Waals surface area contributed by atoms with Crippen molar-refractivity contribution >= 4 is 26.0 Å². The minimum absolute atomic E-state index is 0.0776. The first-order valence-electron chi connectivity index (χ1n) is 8.18. The summed E-state index contributed by atoms with van der Waals surface area (Å²) < 4.78 is 65.0. The third-order valence-electron chi connectivity index (χ3n) is 3.74. The Hall–Kier alpha value is -2.34. The van der Waals surface area contributed by atoms with Gasteiger partial charge in [0.25, 0.3) is 0 Å². The molecule has 2 rings (SSSR count). The summed E-state index contributed by atoms with van der Waals surface area (Å²) in [7, 11) is -6.11. The zero-order valence-electron chi connectivity index (χ0n) is 15.0. The van der Waals surface area contributed by atoms with E-state index >= 15 is 0 Å². The molecule has 0 radical (unpaired) electrons. The highest BCUT2D eigenvalue weighted by atomic mass is 32.2. The van der Waals surface area contributed by atoms with E-state index in [2.05, 4.69) is 14.8 Å². The summed E-state index contributed by atoms with van der Waals surface area (Å²) in [5.41, 5.74) is 0.580. The molecule has 0 unspecified atom stereocenters. The number of hydrogen-bond donors (Lipinski definition) is 3. The van der Waals surface area contributed by atoms with Gasteiger partial charge < -0.3 is 5.32 Å². The summed E-state index contributed by atoms with van der Waals surface area (Å²) in [5, 5.41) is 2.59. The second-order valence-corrected chi connectivity index (χ2v) is 9.39. The van der Waals surface area contributed by atoms with Crippen LogP contribution in [-0.2, 0) is 31.4 Å². The van der Waals surface area contributed by atoms with Gasteiger partial charge in [0.2, 0.25) is 26.0 Å². The number of rotatable bonds is 9. The van der Waals surface area contributed by atoms with E-state index in [-0.39, 0.29) is 29.3 Å². The Morgan fingerprint density at radius 1 is 0.964 bits per heavy atom. The van der Waals surface area contributed by atoms with Gasteiger partial charge in [0, 0.05) is 19.5 Å². The maximum atomic E-state index is 12.9. The third-order valence-corrected chi connectivity index (χ3v) is 6.62. The molecule has 11 heteroatoms. The second-order valence-electron chi connectivity index (χ2n) is 5.73. The predicted molar refractivity (Wildman–Crippen MR) is 101 cm³/mol. The molecule has 2 aromatic rings. The second kappa shape index (κ2) is 9.24. The fraction of sp³-hybridized carbons (Fsp3) is 0.235. The molecule has 3 N–H and O–H groups in total. The van der Waals surface area contributed by atoms with Crippen molar-refractivity contribution in [3.05, 3.63) is 59.9 Å². The van der Waals surface area contributed by atoms with Crippen LogP contribution in [0.3, 0.4) is 0 Å². The first-order valence-corrected chi connectivity index (χ1v) is 11.1. The number of benzene rings is 2. The lowest BCUT2D eigenvalue weighted by molar-refractivity contribution is -0.121. The van der Waals surface area contributed by atoms with Crippen LogP contribution in [0.2, 0.25) is 0 Å². The van der Waals surface area contributed by atoms with E-state index in [4.69, 9.17) is 0 Å². The van der Waals surface area contributed by atoms with Crippen LogP contribution in [0.4, 0.5) is 4.39 Å². The molecule has 0 aliphatic heterocycles. The van der Waals surface area contributed by atoms with Crippen molar-refractivity contribution in [3.63, 3.8) is 0 Å². The molecule has 152 valence electrons. The highest BCUT2D eigenvalue weighted by Crippen LogP contribution is 2.11. The standard InChI is InChI=1S/C17H20FN3O5S2/c1-19-27(23,24)16-4-2-3-13(11-16)12-20-17(22)9-10-21-28(25,26)15-7-5-14(18)6-8-15/h2-8,11,19,21H,9-10,12H2,1H3,(H,20,22). The van der Waals surface area contributed by atoms with Crippen LogP contribution in [0.5, 0.6) is 0 Å². The molecule has 28 heavy (non-hydrogen) atoms. The normalized spacial score (nSPS) is 11.9. The van der Waals surface area contributed by atoms with Gasteiger partial charge in [-0.25, -0.2) is 30.7 Å². The van der Waals surface area contributed by atoms with Crippen molar-refractivity contribution in [3.8, 4) is 0 Å². The first-order chi connectivity index (χ1) is 13.1. The van der Waals surface area contributed by atoms with Crippen LogP contribution in [-0.4, -0.2) is 36.3 Å². The molecule has 0 bridgehead atoms. The lowest BCUT2D eigenvalue weighted by atomic mass is 10.2. The van der Waals surface area contributed by atoms with Gasteiger partial charge in [-0.05, 0) is 49.0 Å². The first kappa shape index (κ1) is 22.0. The summed E-state index contributed by atoms with van der Waals surface area (Å²) in [6.07, 6.45) is -0.116. The quantitative estimate of drug-likeness (QED) is 0.542. The number of nitrogens with one attached hydrogen (secondary N) is 3. The SMILES string of the molecule is CNS(=O)(=O)c1cccc(CNC(=O)CCNS(=O)(=O)c2ccc(F)cc2)c1. The fourth-order valence-corrected chi connectivity index (χ4v) is 4.06. The van der Waals surface area contributed by atoms with Gasteiger partial charge >= 0.3 is 0 Å². The molecule has 0 saturated heterocycles. The lowest BCUT2D eigenvalue weighted by Crippen LogP contribution is -2.30. The van der Waals surface area contributed by atoms with Gasteiger partial charge in [-0.1, -0.05) is 12.1 Å². The number of hydrogen-bond acceptors (Lipinski definition) is 5. The highest BCUT2D eigenvalue weighted by molar-refractivity contribution is 7.89. The smallest absolute Gasteiger partial charge is 0.240 e. The van der Waals surface area contributed by atoms with E-state index < -0.39 is 31.8 Å². The molecule has 2 aromatic carbocycles. The minimum Gasteiger partial charge on any atom is -0.352 e. The highest BCUT2D eigenvalue weighted by Gasteiger charge is 2.14. The summed E-state index contributed by atoms with van der Waals surface area (Å²) in [5.74, 6) is -0.964. The fourth-order valence-electron chi connectivity index (χ4n) is 2.23. The Kier molecular flexibility index (Phi) is 7.24. The van der Waals surface area contributed by atoms with Crippen molar-refractivity contribution < 1.29 is 26.0 Å². The summed E-state index contributed by atoms with van der Waals surface area (Å²) in [6, 6.07) is 10.4. The van der Waals surface area contributed by atoms with Gasteiger partial charge in [-0.3, -0.25) is 4.79 Å². The predicted octanol–water partition coefficient (Wildman–Crippen LogP) is 0.719. The van der Waals surface area contributed by atoms with E-state index in [1.54, 1.807) is 12.1 Å². The van der Waals surface area contributed by atoms with Crippen LogP contribution in [0.15, 0.2) is 58.3 Å². The Balaban J connectivity index is 1.85. The minimum atomic E-state index is -3.84. The van der Waals surface area contributed by atoms with Crippen molar-refractivity contribution in [2.45, 2.75) is 22.8 Å². The molecule has 8 nitrogen and oxygen atoms in total. The van der Waals surface area contributed by atoms with Gasteiger partial charge in [0.05, 0.1) is 9.79 Å². The van der Waals surface area contributed by atoms with Crippen molar-refractivity contribution in [2.75, 3.05) is 13.6 Å². The number of carbonyl (C=O) groups is 1. The average molecular weight is 429 g/mol. The molecule has 0 atom stereocenters. The maximum absolute atomic E-state index is 12.9. The number of halogens is 1. The molecule has 0 saturated carbocycles. The topological polar surface area (TPSA) is 121 Å². The number of amides is 1. The summed E-state index contributed by atoms with van der Waals surface area (Å²) >= 11 is 0. The molecular weight excluding hydrogens is 409 g/mol. The van der Waals surface area contributed by atoms with E-state index in [1.165, 1.54) is 19.2 Å². The Labute approximate surface area is 163 Å². The molecule has 0 spiro atoms. The van der Waals surface area contributed by atoms with Crippen LogP contribution >= 0.6 is 0 Å². The molecule has 0 aromatic heterocycles. The van der Waals surface area contributed by atoms with Crippen LogP contribution < -0.4 is 14.8 Å². The largest absolute Gasteiger partial charge is 0.352 e. The molecule has 0 aliphatic rings. The molecule has 0 fully saturated rings. The van der Waals surface area contributed by atoms with Crippen LogP contribution in [0.1, 0.15) is 12.0 Å². The molecule has 1 amide bonds. The van der Waals surface area contributed by atoms with Gasteiger partial charge in [-0.2, -0.15) is 0 Å². The summed E-state index contributed by atoms with van der Waals surface area (Å²) in [6.45, 7) is -0.0453.